The molecule has 0 bridgehead atoms. The number of benzene rings is 1. The van der Waals surface area contributed by atoms with Crippen LogP contribution in [0.2, 0.25) is 0 Å². The number of carboxylic acid groups (broad SMARTS) is 1. The van der Waals surface area contributed by atoms with Gasteiger partial charge >= 0.3 is 5.97 Å². The van der Waals surface area contributed by atoms with Crippen LogP contribution in [-0.4, -0.2) is 24.8 Å². The van der Waals surface area contributed by atoms with Gasteiger partial charge in [0.1, 0.15) is 5.75 Å². The number of carboxylic acids is 1. The fourth-order valence-electron chi connectivity index (χ4n) is 1.51. The standard InChI is InChI=1S/C14H18O4/c1-3-8-18-10-12-9-11(5-7-14(15)16)4-6-13(12)17-2/h4-7,9H,3,8,10H2,1-2H3,(H,15,16)/b7-5+. The molecule has 4 heteroatoms. The lowest BCUT2D eigenvalue weighted by atomic mass is 10.1. The van der Waals surface area contributed by atoms with E-state index in [1.54, 1.807) is 13.2 Å². The summed E-state index contributed by atoms with van der Waals surface area (Å²) in [5, 5.41) is 8.58. The second-order valence-electron chi connectivity index (χ2n) is 3.80. The lowest BCUT2D eigenvalue weighted by molar-refractivity contribution is -0.131. The van der Waals surface area contributed by atoms with Crippen LogP contribution in [0.4, 0.5) is 0 Å². The molecule has 0 amide bonds. The molecule has 0 atom stereocenters. The first-order chi connectivity index (χ1) is 8.67. The topological polar surface area (TPSA) is 55.8 Å². The zero-order valence-electron chi connectivity index (χ0n) is 10.7. The van der Waals surface area contributed by atoms with Crippen LogP contribution in [0.25, 0.3) is 6.08 Å². The van der Waals surface area contributed by atoms with Crippen molar-refractivity contribution in [2.45, 2.75) is 20.0 Å². The van der Waals surface area contributed by atoms with Crippen LogP contribution >= 0.6 is 0 Å². The van der Waals surface area contributed by atoms with E-state index in [0.717, 1.165) is 29.4 Å². The Labute approximate surface area is 107 Å². The quantitative estimate of drug-likeness (QED) is 0.597. The smallest absolute Gasteiger partial charge is 0.328 e. The van der Waals surface area contributed by atoms with Crippen LogP contribution in [0.15, 0.2) is 24.3 Å². The van der Waals surface area contributed by atoms with Crippen LogP contribution in [0, 0.1) is 0 Å². The summed E-state index contributed by atoms with van der Waals surface area (Å²) in [6.45, 7) is 3.20. The monoisotopic (exact) mass is 250 g/mol. The summed E-state index contributed by atoms with van der Waals surface area (Å²) in [4.78, 5) is 10.5. The second kappa shape index (κ2) is 7.50. The van der Waals surface area contributed by atoms with Gasteiger partial charge in [-0.1, -0.05) is 13.0 Å². The highest BCUT2D eigenvalue weighted by atomic mass is 16.5. The predicted molar refractivity (Wildman–Crippen MR) is 69.6 cm³/mol. The SMILES string of the molecule is CCCOCc1cc(/C=C/C(=O)O)ccc1OC. The summed E-state index contributed by atoms with van der Waals surface area (Å²) in [5.74, 6) is -0.215. The van der Waals surface area contributed by atoms with Gasteiger partial charge in [0.15, 0.2) is 0 Å². The number of methoxy groups -OCH3 is 1. The largest absolute Gasteiger partial charge is 0.496 e. The number of ether oxygens (including phenoxy) is 2. The summed E-state index contributed by atoms with van der Waals surface area (Å²) < 4.78 is 10.7. The molecule has 1 aromatic rings. The zero-order valence-corrected chi connectivity index (χ0v) is 10.7. The Morgan fingerprint density at radius 1 is 1.44 bits per heavy atom. The van der Waals surface area contributed by atoms with Gasteiger partial charge in [-0.3, -0.25) is 0 Å². The van der Waals surface area contributed by atoms with Crippen LogP contribution in [-0.2, 0) is 16.1 Å². The van der Waals surface area contributed by atoms with E-state index in [1.807, 2.05) is 25.1 Å². The Hall–Kier alpha value is -1.81. The lowest BCUT2D eigenvalue weighted by Gasteiger charge is -2.09. The summed E-state index contributed by atoms with van der Waals surface area (Å²) in [7, 11) is 1.60. The second-order valence-corrected chi connectivity index (χ2v) is 3.80. The Balaban J connectivity index is 2.83. The third-order valence-electron chi connectivity index (χ3n) is 2.33. The summed E-state index contributed by atoms with van der Waals surface area (Å²) >= 11 is 0. The fraction of sp³-hybridized carbons (Fsp3) is 0.357. The van der Waals surface area contributed by atoms with Crippen molar-refractivity contribution < 1.29 is 19.4 Å². The molecule has 0 spiro atoms. The number of hydrogen-bond donors (Lipinski definition) is 1. The molecule has 0 radical (unpaired) electrons. The van der Waals surface area contributed by atoms with Crippen molar-refractivity contribution in [1.82, 2.24) is 0 Å². The molecule has 0 heterocycles. The molecule has 1 rings (SSSR count). The van der Waals surface area contributed by atoms with Crippen LogP contribution in [0.5, 0.6) is 5.75 Å². The van der Waals surface area contributed by atoms with Crippen molar-refractivity contribution in [3.8, 4) is 5.75 Å². The Morgan fingerprint density at radius 3 is 2.83 bits per heavy atom. The molecule has 1 N–H and O–H groups in total. The van der Waals surface area contributed by atoms with E-state index < -0.39 is 5.97 Å². The van der Waals surface area contributed by atoms with E-state index in [1.165, 1.54) is 0 Å². The van der Waals surface area contributed by atoms with Crippen molar-refractivity contribution in [3.05, 3.63) is 35.4 Å². The molecule has 0 aliphatic carbocycles. The molecular formula is C14H18O4. The highest BCUT2D eigenvalue weighted by Gasteiger charge is 2.03. The third kappa shape index (κ3) is 4.59. The van der Waals surface area contributed by atoms with Crippen molar-refractivity contribution in [2.75, 3.05) is 13.7 Å². The Bertz CT molecular complexity index is 424. The van der Waals surface area contributed by atoms with E-state index in [9.17, 15) is 4.79 Å². The molecule has 0 aliphatic rings. The number of hydrogen-bond acceptors (Lipinski definition) is 3. The zero-order chi connectivity index (χ0) is 13.4. The first kappa shape index (κ1) is 14.3. The van der Waals surface area contributed by atoms with Crippen molar-refractivity contribution in [1.29, 1.82) is 0 Å². The van der Waals surface area contributed by atoms with Crippen molar-refractivity contribution >= 4 is 12.0 Å². The fourth-order valence-corrected chi connectivity index (χ4v) is 1.51. The Morgan fingerprint density at radius 2 is 2.22 bits per heavy atom. The van der Waals surface area contributed by atoms with Gasteiger partial charge in [0, 0.05) is 18.2 Å². The van der Waals surface area contributed by atoms with E-state index >= 15 is 0 Å². The normalized spacial score (nSPS) is 10.8. The minimum absolute atomic E-state index is 0.464. The lowest BCUT2D eigenvalue weighted by Crippen LogP contribution is -1.98. The predicted octanol–water partition coefficient (Wildman–Crippen LogP) is 2.72. The maximum Gasteiger partial charge on any atom is 0.328 e. The summed E-state index contributed by atoms with van der Waals surface area (Å²) in [6, 6.07) is 5.49. The molecule has 0 saturated heterocycles. The van der Waals surface area contributed by atoms with Gasteiger partial charge in [-0.15, -0.1) is 0 Å². The number of aliphatic carboxylic acids is 1. The summed E-state index contributed by atoms with van der Waals surface area (Å²) in [5.41, 5.74) is 1.73. The van der Waals surface area contributed by atoms with Crippen LogP contribution in [0.1, 0.15) is 24.5 Å². The van der Waals surface area contributed by atoms with Gasteiger partial charge in [-0.2, -0.15) is 0 Å². The molecule has 0 aromatic heterocycles. The van der Waals surface area contributed by atoms with Gasteiger partial charge in [-0.25, -0.2) is 4.79 Å². The van der Waals surface area contributed by atoms with Crippen LogP contribution in [0.3, 0.4) is 0 Å². The third-order valence-corrected chi connectivity index (χ3v) is 2.33. The highest BCUT2D eigenvalue weighted by molar-refractivity contribution is 5.85. The van der Waals surface area contributed by atoms with Crippen LogP contribution < -0.4 is 4.74 Å². The molecule has 0 saturated carbocycles. The average Bonchev–Trinajstić information content (AvgIpc) is 2.37. The van der Waals surface area contributed by atoms with Gasteiger partial charge in [0.2, 0.25) is 0 Å². The number of carbonyl (C=O) groups is 1. The minimum Gasteiger partial charge on any atom is -0.496 e. The number of rotatable bonds is 7. The maximum atomic E-state index is 10.5. The molecule has 4 nitrogen and oxygen atoms in total. The molecule has 0 aliphatic heterocycles. The highest BCUT2D eigenvalue weighted by Crippen LogP contribution is 2.21. The molecule has 0 unspecified atom stereocenters. The van der Waals surface area contributed by atoms with E-state index in [0.29, 0.717) is 13.2 Å². The first-order valence-electron chi connectivity index (χ1n) is 5.83. The van der Waals surface area contributed by atoms with E-state index in [2.05, 4.69) is 0 Å². The van der Waals surface area contributed by atoms with Gasteiger partial charge < -0.3 is 14.6 Å². The molecule has 98 valence electrons. The van der Waals surface area contributed by atoms with Crippen molar-refractivity contribution in [3.63, 3.8) is 0 Å². The Kier molecular flexibility index (Phi) is 5.94. The molecular weight excluding hydrogens is 232 g/mol. The molecule has 1 aromatic carbocycles. The molecule has 18 heavy (non-hydrogen) atoms. The summed E-state index contributed by atoms with van der Waals surface area (Å²) in [6.07, 6.45) is 3.62. The average molecular weight is 250 g/mol. The first-order valence-corrected chi connectivity index (χ1v) is 5.83. The van der Waals surface area contributed by atoms with Gasteiger partial charge in [0.05, 0.1) is 13.7 Å². The van der Waals surface area contributed by atoms with E-state index in [-0.39, 0.29) is 0 Å². The van der Waals surface area contributed by atoms with Crippen molar-refractivity contribution in [2.24, 2.45) is 0 Å². The molecule has 0 fully saturated rings. The maximum absolute atomic E-state index is 10.5. The van der Waals surface area contributed by atoms with Gasteiger partial charge in [-0.05, 0) is 30.2 Å². The minimum atomic E-state index is -0.963. The van der Waals surface area contributed by atoms with Gasteiger partial charge in [0.25, 0.3) is 0 Å². The van der Waals surface area contributed by atoms with E-state index in [4.69, 9.17) is 14.6 Å².